The molecule has 0 fully saturated rings. The van der Waals surface area contributed by atoms with Gasteiger partial charge >= 0.3 is 0 Å². The molecule has 0 amide bonds. The lowest BCUT2D eigenvalue weighted by atomic mass is 10.2. The van der Waals surface area contributed by atoms with E-state index in [1.54, 1.807) is 23.1 Å². The smallest absolute Gasteiger partial charge is 0.230 e. The molecule has 0 aliphatic rings. The second-order valence-corrected chi connectivity index (χ2v) is 4.66. The van der Waals surface area contributed by atoms with Gasteiger partial charge in [-0.25, -0.2) is 9.97 Å². The van der Waals surface area contributed by atoms with Crippen molar-refractivity contribution in [1.82, 2.24) is 19.7 Å². The Morgan fingerprint density at radius 1 is 1.47 bits per heavy atom. The van der Waals surface area contributed by atoms with E-state index in [2.05, 4.69) is 31.0 Å². The van der Waals surface area contributed by atoms with Crippen molar-refractivity contribution in [3.63, 3.8) is 0 Å². The van der Waals surface area contributed by atoms with Gasteiger partial charge in [-0.3, -0.25) is 9.48 Å². The number of carbonyl (C=O) groups excluding carboxylic acids is 1. The highest BCUT2D eigenvalue weighted by molar-refractivity contribution is 9.10. The number of halogens is 1. The summed E-state index contributed by atoms with van der Waals surface area (Å²) in [6, 6.07) is 1.70. The van der Waals surface area contributed by atoms with E-state index in [9.17, 15) is 4.79 Å². The van der Waals surface area contributed by atoms with Crippen molar-refractivity contribution in [2.45, 2.75) is 19.9 Å². The summed E-state index contributed by atoms with van der Waals surface area (Å²) in [5.41, 5.74) is 0.877. The van der Waals surface area contributed by atoms with Gasteiger partial charge in [0.05, 0.1) is 10.7 Å². The Balaban J connectivity index is 2.48. The summed E-state index contributed by atoms with van der Waals surface area (Å²) in [7, 11) is 0. The lowest BCUT2D eigenvalue weighted by Crippen LogP contribution is -2.14. The number of nitrogens with zero attached hydrogens (tertiary/aromatic N) is 4. The summed E-state index contributed by atoms with van der Waals surface area (Å²) < 4.78 is 2.35. The molecule has 0 atom stereocenters. The number of hydrogen-bond acceptors (Lipinski definition) is 4. The molecule has 0 bridgehead atoms. The second kappa shape index (κ2) is 4.75. The highest BCUT2D eigenvalue weighted by atomic mass is 79.9. The molecule has 0 aromatic carbocycles. The van der Waals surface area contributed by atoms with Crippen LogP contribution < -0.4 is 0 Å². The largest absolute Gasteiger partial charge is 0.285 e. The van der Waals surface area contributed by atoms with Gasteiger partial charge in [-0.1, -0.05) is 0 Å². The fourth-order valence-electron chi connectivity index (χ4n) is 1.49. The minimum Gasteiger partial charge on any atom is -0.285 e. The molecule has 0 aliphatic carbocycles. The van der Waals surface area contributed by atoms with E-state index in [4.69, 9.17) is 0 Å². The summed E-state index contributed by atoms with van der Waals surface area (Å²) in [6.45, 7) is 3.94. The third kappa shape index (κ3) is 2.26. The van der Waals surface area contributed by atoms with Gasteiger partial charge in [0.2, 0.25) is 5.78 Å². The fourth-order valence-corrected chi connectivity index (χ4v) is 1.94. The third-order valence-corrected chi connectivity index (χ3v) is 2.85. The molecular weight excluding hydrogens is 284 g/mol. The molecule has 0 aliphatic heterocycles. The van der Waals surface area contributed by atoms with Crippen molar-refractivity contribution in [2.24, 2.45) is 0 Å². The number of aromatic nitrogens is 4. The van der Waals surface area contributed by atoms with Crippen molar-refractivity contribution in [2.75, 3.05) is 0 Å². The van der Waals surface area contributed by atoms with Gasteiger partial charge in [-0.2, -0.15) is 5.10 Å². The van der Waals surface area contributed by atoms with Crippen molar-refractivity contribution < 1.29 is 4.79 Å². The quantitative estimate of drug-likeness (QED) is 0.815. The molecule has 0 N–H and O–H groups in total. The Labute approximate surface area is 107 Å². The predicted octanol–water partition coefficient (Wildman–Crippen LogP) is 2.25. The average Bonchev–Trinajstić information content (AvgIpc) is 2.71. The van der Waals surface area contributed by atoms with E-state index in [0.29, 0.717) is 15.9 Å². The summed E-state index contributed by atoms with van der Waals surface area (Å²) in [6.07, 6.45) is 4.52. The van der Waals surface area contributed by atoms with Crippen LogP contribution in [0, 0.1) is 0 Å². The van der Waals surface area contributed by atoms with Crippen LogP contribution in [0.5, 0.6) is 0 Å². The standard InChI is InChI=1S/C11H11BrN4O/c1-7(2)16-10(8(12)5-15-16)11(17)9-3-4-13-6-14-9/h3-7H,1-2H3. The van der Waals surface area contributed by atoms with E-state index in [0.717, 1.165) is 0 Å². The van der Waals surface area contributed by atoms with Crippen LogP contribution in [0.2, 0.25) is 0 Å². The minimum absolute atomic E-state index is 0.113. The van der Waals surface area contributed by atoms with Crippen LogP contribution in [0.1, 0.15) is 36.1 Å². The molecule has 2 aromatic heterocycles. The zero-order valence-corrected chi connectivity index (χ0v) is 11.0. The van der Waals surface area contributed by atoms with Crippen molar-refractivity contribution in [1.29, 1.82) is 0 Å². The first-order chi connectivity index (χ1) is 8.11. The molecule has 17 heavy (non-hydrogen) atoms. The first-order valence-corrected chi connectivity index (χ1v) is 5.94. The first-order valence-electron chi connectivity index (χ1n) is 5.15. The van der Waals surface area contributed by atoms with E-state index >= 15 is 0 Å². The molecule has 2 aromatic rings. The maximum Gasteiger partial charge on any atom is 0.230 e. The molecule has 0 radical (unpaired) electrons. The van der Waals surface area contributed by atoms with E-state index in [-0.39, 0.29) is 11.8 Å². The minimum atomic E-state index is -0.162. The zero-order chi connectivity index (χ0) is 12.4. The number of rotatable bonds is 3. The van der Waals surface area contributed by atoms with Gasteiger partial charge in [-0.05, 0) is 35.8 Å². The monoisotopic (exact) mass is 294 g/mol. The normalized spacial score (nSPS) is 10.8. The first kappa shape index (κ1) is 11.9. The lowest BCUT2D eigenvalue weighted by molar-refractivity contribution is 0.102. The van der Waals surface area contributed by atoms with Gasteiger partial charge in [0.15, 0.2) is 0 Å². The predicted molar refractivity (Wildman–Crippen MR) is 65.8 cm³/mol. The molecule has 0 unspecified atom stereocenters. The average molecular weight is 295 g/mol. The van der Waals surface area contributed by atoms with Gasteiger partial charge in [0, 0.05) is 12.2 Å². The van der Waals surface area contributed by atoms with Crippen molar-refractivity contribution in [3.8, 4) is 0 Å². The molecule has 0 saturated carbocycles. The molecule has 2 rings (SSSR count). The molecule has 6 heteroatoms. The van der Waals surface area contributed by atoms with E-state index in [1.165, 1.54) is 6.33 Å². The zero-order valence-electron chi connectivity index (χ0n) is 9.46. The van der Waals surface area contributed by atoms with Crippen LogP contribution in [0.4, 0.5) is 0 Å². The van der Waals surface area contributed by atoms with Crippen LogP contribution in [0.15, 0.2) is 29.3 Å². The summed E-state index contributed by atoms with van der Waals surface area (Å²) >= 11 is 3.34. The van der Waals surface area contributed by atoms with E-state index < -0.39 is 0 Å². The van der Waals surface area contributed by atoms with Crippen LogP contribution in [0.25, 0.3) is 0 Å². The highest BCUT2D eigenvalue weighted by Gasteiger charge is 2.21. The molecule has 2 heterocycles. The Morgan fingerprint density at radius 3 is 2.82 bits per heavy atom. The lowest BCUT2D eigenvalue weighted by Gasteiger charge is -2.09. The summed E-state index contributed by atoms with van der Waals surface area (Å²) in [5.74, 6) is -0.162. The van der Waals surface area contributed by atoms with Crippen molar-refractivity contribution in [3.05, 3.63) is 40.6 Å². The number of carbonyl (C=O) groups is 1. The summed E-state index contributed by atoms with van der Waals surface area (Å²) in [5, 5.41) is 4.17. The molecule has 0 saturated heterocycles. The SMILES string of the molecule is CC(C)n1ncc(Br)c1C(=O)c1ccncn1. The maximum atomic E-state index is 12.3. The number of hydrogen-bond donors (Lipinski definition) is 0. The Bertz CT molecular complexity index is 536. The Kier molecular flexibility index (Phi) is 3.33. The van der Waals surface area contributed by atoms with Crippen LogP contribution in [-0.2, 0) is 0 Å². The van der Waals surface area contributed by atoms with Crippen LogP contribution in [-0.4, -0.2) is 25.5 Å². The van der Waals surface area contributed by atoms with Gasteiger partial charge in [-0.15, -0.1) is 0 Å². The molecular formula is C11H11BrN4O. The highest BCUT2D eigenvalue weighted by Crippen LogP contribution is 2.21. The number of ketones is 1. The van der Waals surface area contributed by atoms with Crippen LogP contribution >= 0.6 is 15.9 Å². The summed E-state index contributed by atoms with van der Waals surface area (Å²) in [4.78, 5) is 20.0. The fraction of sp³-hybridized carbons (Fsp3) is 0.273. The maximum absolute atomic E-state index is 12.3. The van der Waals surface area contributed by atoms with Gasteiger partial charge in [0.25, 0.3) is 0 Å². The molecule has 5 nitrogen and oxygen atoms in total. The topological polar surface area (TPSA) is 60.7 Å². The third-order valence-electron chi connectivity index (χ3n) is 2.27. The van der Waals surface area contributed by atoms with Crippen molar-refractivity contribution >= 4 is 21.7 Å². The molecule has 88 valence electrons. The Morgan fingerprint density at radius 2 is 2.24 bits per heavy atom. The van der Waals surface area contributed by atoms with Gasteiger partial charge < -0.3 is 0 Å². The second-order valence-electron chi connectivity index (χ2n) is 3.80. The Hall–Kier alpha value is -1.56. The van der Waals surface area contributed by atoms with Gasteiger partial charge in [0.1, 0.15) is 17.7 Å². The molecule has 0 spiro atoms. The van der Waals surface area contributed by atoms with Crippen LogP contribution in [0.3, 0.4) is 0 Å². The van der Waals surface area contributed by atoms with E-state index in [1.807, 2.05) is 13.8 Å².